The summed E-state index contributed by atoms with van der Waals surface area (Å²) in [5.74, 6) is -0.381. The Morgan fingerprint density at radius 1 is 1.12 bits per heavy atom. The monoisotopic (exact) mass is 248 g/mol. The van der Waals surface area contributed by atoms with Crippen LogP contribution in [0, 0.1) is 5.82 Å². The van der Waals surface area contributed by atoms with Crippen molar-refractivity contribution in [3.8, 4) is 0 Å². The largest absolute Gasteiger partial charge is 0.298 e. The van der Waals surface area contributed by atoms with Crippen LogP contribution in [0.2, 0.25) is 5.02 Å². The molecule has 0 spiro atoms. The van der Waals surface area contributed by atoms with E-state index < -0.39 is 0 Å². The number of hydrogen-bond acceptors (Lipinski definition) is 1. The summed E-state index contributed by atoms with van der Waals surface area (Å²) in [4.78, 5) is 10.5. The Morgan fingerprint density at radius 2 is 1.82 bits per heavy atom. The summed E-state index contributed by atoms with van der Waals surface area (Å²) in [6, 6.07) is 12.0. The summed E-state index contributed by atoms with van der Waals surface area (Å²) < 4.78 is 13.6. The number of hydrogen-bond donors (Lipinski definition) is 0. The van der Waals surface area contributed by atoms with Gasteiger partial charge in [-0.25, -0.2) is 4.39 Å². The van der Waals surface area contributed by atoms with Crippen molar-refractivity contribution >= 4 is 17.9 Å². The lowest BCUT2D eigenvalue weighted by molar-refractivity contribution is 0.112. The van der Waals surface area contributed by atoms with Crippen LogP contribution in [0.5, 0.6) is 0 Å². The van der Waals surface area contributed by atoms with E-state index in [1.165, 1.54) is 6.07 Å². The average Bonchev–Trinajstić information content (AvgIpc) is 2.36. The van der Waals surface area contributed by atoms with Crippen molar-refractivity contribution < 1.29 is 9.18 Å². The van der Waals surface area contributed by atoms with Gasteiger partial charge < -0.3 is 0 Å². The molecule has 0 aliphatic rings. The molecule has 0 saturated carbocycles. The van der Waals surface area contributed by atoms with Gasteiger partial charge in [0.1, 0.15) is 12.1 Å². The Labute approximate surface area is 104 Å². The minimum atomic E-state index is -0.381. The average molecular weight is 249 g/mol. The zero-order valence-electron chi connectivity index (χ0n) is 8.99. The van der Waals surface area contributed by atoms with Crippen LogP contribution in [-0.2, 0) is 6.42 Å². The molecular weight excluding hydrogens is 239 g/mol. The minimum Gasteiger partial charge on any atom is -0.298 e. The van der Waals surface area contributed by atoms with Gasteiger partial charge in [0.2, 0.25) is 0 Å². The zero-order chi connectivity index (χ0) is 12.3. The Kier molecular flexibility index (Phi) is 3.55. The summed E-state index contributed by atoms with van der Waals surface area (Å²) >= 11 is 5.71. The summed E-state index contributed by atoms with van der Waals surface area (Å²) in [7, 11) is 0. The topological polar surface area (TPSA) is 17.1 Å². The van der Waals surface area contributed by atoms with E-state index in [2.05, 4.69) is 0 Å². The molecule has 0 atom stereocenters. The van der Waals surface area contributed by atoms with Gasteiger partial charge in [-0.05, 0) is 17.2 Å². The predicted octanol–water partition coefficient (Wildman–Crippen LogP) is 3.88. The summed E-state index contributed by atoms with van der Waals surface area (Å²) in [5, 5.41) is 0.131. The number of carbonyl (C=O) groups is 1. The molecule has 86 valence electrons. The fraction of sp³-hybridized carbons (Fsp3) is 0.0714. The normalized spacial score (nSPS) is 10.2. The molecular formula is C14H10ClFO. The molecule has 0 fully saturated rings. The van der Waals surface area contributed by atoms with Crippen LogP contribution >= 0.6 is 11.6 Å². The minimum absolute atomic E-state index is 0.131. The third-order valence-electron chi connectivity index (χ3n) is 2.54. The molecule has 2 aromatic rings. The quantitative estimate of drug-likeness (QED) is 0.754. The lowest BCUT2D eigenvalue weighted by Gasteiger charge is -2.05. The molecule has 0 unspecified atom stereocenters. The Hall–Kier alpha value is -1.67. The van der Waals surface area contributed by atoms with Gasteiger partial charge in [0.05, 0.1) is 5.02 Å². The first kappa shape index (κ1) is 11.8. The van der Waals surface area contributed by atoms with E-state index in [9.17, 15) is 9.18 Å². The first-order valence-corrected chi connectivity index (χ1v) is 5.55. The standard InChI is InChI=1S/C14H10ClFO/c15-13-3-1-2-12(14(13)16)8-10-4-6-11(9-17)7-5-10/h1-7,9H,8H2. The van der Waals surface area contributed by atoms with Crippen LogP contribution in [0.25, 0.3) is 0 Å². The SMILES string of the molecule is O=Cc1ccc(Cc2cccc(Cl)c2F)cc1. The number of halogens is 2. The van der Waals surface area contributed by atoms with Crippen molar-refractivity contribution in [3.05, 3.63) is 70.0 Å². The Balaban J connectivity index is 2.25. The zero-order valence-corrected chi connectivity index (χ0v) is 9.75. The summed E-state index contributed by atoms with van der Waals surface area (Å²) in [6.45, 7) is 0. The van der Waals surface area contributed by atoms with Crippen molar-refractivity contribution in [2.24, 2.45) is 0 Å². The van der Waals surface area contributed by atoms with Gasteiger partial charge in [-0.3, -0.25) is 4.79 Å². The number of benzene rings is 2. The van der Waals surface area contributed by atoms with E-state index in [0.29, 0.717) is 17.5 Å². The molecule has 1 nitrogen and oxygen atoms in total. The lowest BCUT2D eigenvalue weighted by atomic mass is 10.0. The molecule has 0 aromatic heterocycles. The Bertz CT molecular complexity index is 534. The molecule has 0 aliphatic heterocycles. The van der Waals surface area contributed by atoms with Crippen LogP contribution in [0.15, 0.2) is 42.5 Å². The van der Waals surface area contributed by atoms with Crippen LogP contribution in [0.3, 0.4) is 0 Å². The van der Waals surface area contributed by atoms with Gasteiger partial charge in [-0.15, -0.1) is 0 Å². The highest BCUT2D eigenvalue weighted by Gasteiger charge is 2.06. The number of rotatable bonds is 3. The number of aldehydes is 1. The van der Waals surface area contributed by atoms with Crippen molar-refractivity contribution in [2.75, 3.05) is 0 Å². The second kappa shape index (κ2) is 5.11. The van der Waals surface area contributed by atoms with E-state index >= 15 is 0 Å². The lowest BCUT2D eigenvalue weighted by Crippen LogP contribution is -1.93. The second-order valence-electron chi connectivity index (χ2n) is 3.75. The van der Waals surface area contributed by atoms with Crippen molar-refractivity contribution in [3.63, 3.8) is 0 Å². The molecule has 2 aromatic carbocycles. The molecule has 0 amide bonds. The molecule has 17 heavy (non-hydrogen) atoms. The number of carbonyl (C=O) groups excluding carboxylic acids is 1. The van der Waals surface area contributed by atoms with E-state index in [-0.39, 0.29) is 10.8 Å². The predicted molar refractivity (Wildman–Crippen MR) is 66.0 cm³/mol. The third-order valence-corrected chi connectivity index (χ3v) is 2.83. The van der Waals surface area contributed by atoms with E-state index in [1.54, 1.807) is 24.3 Å². The van der Waals surface area contributed by atoms with Gasteiger partial charge in [0, 0.05) is 12.0 Å². The van der Waals surface area contributed by atoms with E-state index in [0.717, 1.165) is 11.8 Å². The van der Waals surface area contributed by atoms with Gasteiger partial charge in [0.25, 0.3) is 0 Å². The highest BCUT2D eigenvalue weighted by molar-refractivity contribution is 6.30. The highest BCUT2D eigenvalue weighted by atomic mass is 35.5. The maximum atomic E-state index is 13.6. The third kappa shape index (κ3) is 2.71. The van der Waals surface area contributed by atoms with Crippen molar-refractivity contribution in [1.29, 1.82) is 0 Å². The van der Waals surface area contributed by atoms with Crippen molar-refractivity contribution in [2.45, 2.75) is 6.42 Å². The molecule has 0 radical (unpaired) electrons. The maximum Gasteiger partial charge on any atom is 0.150 e. The van der Waals surface area contributed by atoms with Crippen LogP contribution in [-0.4, -0.2) is 6.29 Å². The first-order chi connectivity index (χ1) is 8.20. The second-order valence-corrected chi connectivity index (χ2v) is 4.16. The molecule has 0 N–H and O–H groups in total. The van der Waals surface area contributed by atoms with E-state index in [1.807, 2.05) is 12.1 Å². The molecule has 2 rings (SSSR count). The van der Waals surface area contributed by atoms with Crippen LogP contribution in [0.1, 0.15) is 21.5 Å². The molecule has 0 aliphatic carbocycles. The smallest absolute Gasteiger partial charge is 0.150 e. The van der Waals surface area contributed by atoms with Crippen LogP contribution < -0.4 is 0 Å². The first-order valence-electron chi connectivity index (χ1n) is 5.17. The van der Waals surface area contributed by atoms with E-state index in [4.69, 9.17) is 11.6 Å². The van der Waals surface area contributed by atoms with Crippen molar-refractivity contribution in [1.82, 2.24) is 0 Å². The highest BCUT2D eigenvalue weighted by Crippen LogP contribution is 2.20. The molecule has 3 heteroatoms. The molecule has 0 bridgehead atoms. The van der Waals surface area contributed by atoms with Gasteiger partial charge in [0.15, 0.2) is 0 Å². The maximum absolute atomic E-state index is 13.6. The summed E-state index contributed by atoms with van der Waals surface area (Å²) in [5.41, 5.74) is 2.11. The Morgan fingerprint density at radius 3 is 2.47 bits per heavy atom. The molecule has 0 heterocycles. The van der Waals surface area contributed by atoms with Gasteiger partial charge >= 0.3 is 0 Å². The van der Waals surface area contributed by atoms with Crippen LogP contribution in [0.4, 0.5) is 4.39 Å². The van der Waals surface area contributed by atoms with Gasteiger partial charge in [-0.1, -0.05) is 48.0 Å². The fourth-order valence-electron chi connectivity index (χ4n) is 1.62. The van der Waals surface area contributed by atoms with Gasteiger partial charge in [-0.2, -0.15) is 0 Å². The molecule has 0 saturated heterocycles. The fourth-order valence-corrected chi connectivity index (χ4v) is 1.81. The summed E-state index contributed by atoms with van der Waals surface area (Å²) in [6.07, 6.45) is 1.25.